The van der Waals surface area contributed by atoms with Crippen LogP contribution >= 0.6 is 11.3 Å². The first kappa shape index (κ1) is 15.1. The molecule has 3 rings (SSSR count). The van der Waals surface area contributed by atoms with Gasteiger partial charge < -0.3 is 5.11 Å². The summed E-state index contributed by atoms with van der Waals surface area (Å²) in [5, 5.41) is 10.8. The summed E-state index contributed by atoms with van der Waals surface area (Å²) < 4.78 is 27.5. The largest absolute Gasteiger partial charge is 0.481 e. The Morgan fingerprint density at radius 1 is 1.36 bits per heavy atom. The van der Waals surface area contributed by atoms with Crippen LogP contribution in [0.1, 0.15) is 23.5 Å². The number of aryl methyl sites for hydroxylation is 1. The number of nitrogens with zero attached hydrogens (tertiary/aromatic N) is 1. The summed E-state index contributed by atoms with van der Waals surface area (Å²) in [6, 6.07) is 8.89. The fourth-order valence-corrected chi connectivity index (χ4v) is 5.84. The molecule has 7 heteroatoms. The Morgan fingerprint density at radius 2 is 2.09 bits per heavy atom. The fraction of sp³-hybridized carbons (Fsp3) is 0.267. The van der Waals surface area contributed by atoms with Gasteiger partial charge in [-0.2, -0.15) is 0 Å². The Labute approximate surface area is 132 Å². The number of hydrogen-bond acceptors (Lipinski definition) is 4. The van der Waals surface area contributed by atoms with Crippen molar-refractivity contribution in [2.75, 3.05) is 10.8 Å². The molecule has 1 aromatic heterocycles. The van der Waals surface area contributed by atoms with Gasteiger partial charge in [-0.15, -0.1) is 11.3 Å². The van der Waals surface area contributed by atoms with Crippen molar-refractivity contribution in [2.24, 2.45) is 0 Å². The highest BCUT2D eigenvalue weighted by Gasteiger charge is 2.38. The maximum atomic E-state index is 12.9. The van der Waals surface area contributed by atoms with Crippen LogP contribution in [0.15, 0.2) is 39.9 Å². The van der Waals surface area contributed by atoms with E-state index in [1.54, 1.807) is 42.6 Å². The van der Waals surface area contributed by atoms with Gasteiger partial charge in [-0.1, -0.05) is 18.2 Å². The van der Waals surface area contributed by atoms with E-state index in [-0.39, 0.29) is 18.9 Å². The first-order valence-electron chi connectivity index (χ1n) is 6.79. The van der Waals surface area contributed by atoms with E-state index in [1.807, 2.05) is 0 Å². The molecule has 0 saturated heterocycles. The smallest absolute Gasteiger partial charge is 0.304 e. The van der Waals surface area contributed by atoms with Gasteiger partial charge in [0, 0.05) is 12.5 Å². The molecule has 1 aliphatic heterocycles. The van der Waals surface area contributed by atoms with E-state index in [4.69, 9.17) is 5.11 Å². The van der Waals surface area contributed by atoms with Crippen LogP contribution < -0.4 is 4.31 Å². The van der Waals surface area contributed by atoms with Gasteiger partial charge >= 0.3 is 5.97 Å². The second-order valence-electron chi connectivity index (χ2n) is 5.28. The third-order valence-corrected chi connectivity index (χ3v) is 7.24. The molecule has 1 aromatic carbocycles. The van der Waals surface area contributed by atoms with E-state index in [0.717, 1.165) is 5.56 Å². The van der Waals surface area contributed by atoms with Crippen molar-refractivity contribution in [1.29, 1.82) is 0 Å². The number of thiophene rings is 1. The Hall–Kier alpha value is -1.86. The molecule has 0 amide bonds. The SMILES string of the molecule is Cc1ccsc1S(=O)(=O)N1CC(CC(=O)O)c2ccccc21. The molecule has 1 aliphatic rings. The molecular weight excluding hydrogens is 322 g/mol. The molecule has 1 N–H and O–H groups in total. The molecule has 0 saturated carbocycles. The molecule has 0 bridgehead atoms. The lowest BCUT2D eigenvalue weighted by atomic mass is 9.98. The van der Waals surface area contributed by atoms with Crippen molar-refractivity contribution in [3.8, 4) is 0 Å². The predicted octanol–water partition coefficient (Wildman–Crippen LogP) is 2.82. The Bertz CT molecular complexity index is 826. The molecular formula is C15H15NO4S2. The highest BCUT2D eigenvalue weighted by molar-refractivity contribution is 7.94. The first-order valence-corrected chi connectivity index (χ1v) is 9.11. The molecule has 5 nitrogen and oxygen atoms in total. The van der Waals surface area contributed by atoms with Crippen molar-refractivity contribution in [2.45, 2.75) is 23.5 Å². The molecule has 116 valence electrons. The van der Waals surface area contributed by atoms with E-state index < -0.39 is 16.0 Å². The quantitative estimate of drug-likeness (QED) is 0.931. The third-order valence-electron chi connectivity index (χ3n) is 3.79. The van der Waals surface area contributed by atoms with Crippen LogP contribution in [0, 0.1) is 6.92 Å². The van der Waals surface area contributed by atoms with Gasteiger partial charge in [0.15, 0.2) is 0 Å². The Morgan fingerprint density at radius 3 is 2.73 bits per heavy atom. The molecule has 1 unspecified atom stereocenters. The van der Waals surface area contributed by atoms with Crippen molar-refractivity contribution in [3.63, 3.8) is 0 Å². The van der Waals surface area contributed by atoms with Crippen LogP contribution in [0.2, 0.25) is 0 Å². The average Bonchev–Trinajstić information content (AvgIpc) is 3.04. The minimum Gasteiger partial charge on any atom is -0.481 e. The van der Waals surface area contributed by atoms with Crippen LogP contribution in [0.4, 0.5) is 5.69 Å². The maximum absolute atomic E-state index is 12.9. The van der Waals surface area contributed by atoms with Crippen molar-refractivity contribution in [1.82, 2.24) is 0 Å². The number of fused-ring (bicyclic) bond motifs is 1. The van der Waals surface area contributed by atoms with E-state index in [2.05, 4.69) is 0 Å². The predicted molar refractivity (Wildman–Crippen MR) is 85.0 cm³/mol. The van der Waals surface area contributed by atoms with Crippen LogP contribution in [0.5, 0.6) is 0 Å². The molecule has 0 aliphatic carbocycles. The van der Waals surface area contributed by atoms with Gasteiger partial charge in [-0.05, 0) is 35.6 Å². The average molecular weight is 337 g/mol. The lowest BCUT2D eigenvalue weighted by molar-refractivity contribution is -0.137. The van der Waals surface area contributed by atoms with Crippen molar-refractivity contribution < 1.29 is 18.3 Å². The second-order valence-corrected chi connectivity index (χ2v) is 8.25. The molecule has 2 heterocycles. The van der Waals surface area contributed by atoms with E-state index in [9.17, 15) is 13.2 Å². The monoisotopic (exact) mass is 337 g/mol. The molecule has 0 spiro atoms. The minimum atomic E-state index is -3.65. The number of carboxylic acids is 1. The van der Waals surface area contributed by atoms with Gasteiger partial charge in [0.25, 0.3) is 10.0 Å². The fourth-order valence-electron chi connectivity index (χ4n) is 2.79. The van der Waals surface area contributed by atoms with Gasteiger partial charge in [0.1, 0.15) is 4.21 Å². The number of sulfonamides is 1. The second kappa shape index (κ2) is 5.40. The molecule has 2 aromatic rings. The zero-order chi connectivity index (χ0) is 15.9. The van der Waals surface area contributed by atoms with Gasteiger partial charge in [-0.25, -0.2) is 8.42 Å². The van der Waals surface area contributed by atoms with Crippen LogP contribution in [0.25, 0.3) is 0 Å². The molecule has 1 atom stereocenters. The lowest BCUT2D eigenvalue weighted by Crippen LogP contribution is -2.30. The maximum Gasteiger partial charge on any atom is 0.304 e. The minimum absolute atomic E-state index is 0.0769. The van der Waals surface area contributed by atoms with E-state index in [1.165, 1.54) is 15.6 Å². The Balaban J connectivity index is 2.06. The highest BCUT2D eigenvalue weighted by Crippen LogP contribution is 2.42. The number of carboxylic acid groups (broad SMARTS) is 1. The molecule has 0 fully saturated rings. The number of carbonyl (C=O) groups is 1. The summed E-state index contributed by atoms with van der Waals surface area (Å²) in [6.45, 7) is 1.94. The summed E-state index contributed by atoms with van der Waals surface area (Å²) in [4.78, 5) is 11.0. The summed E-state index contributed by atoms with van der Waals surface area (Å²) in [5.74, 6) is -1.24. The van der Waals surface area contributed by atoms with Crippen molar-refractivity contribution >= 4 is 33.0 Å². The number of benzene rings is 1. The normalized spacial score (nSPS) is 17.5. The highest BCUT2D eigenvalue weighted by atomic mass is 32.2. The summed E-state index contributed by atoms with van der Waals surface area (Å²) in [7, 11) is -3.65. The summed E-state index contributed by atoms with van der Waals surface area (Å²) in [6.07, 6.45) is -0.0769. The first-order chi connectivity index (χ1) is 10.4. The van der Waals surface area contributed by atoms with Gasteiger partial charge in [0.05, 0.1) is 12.1 Å². The summed E-state index contributed by atoms with van der Waals surface area (Å²) in [5.41, 5.74) is 2.08. The topological polar surface area (TPSA) is 74.7 Å². The van der Waals surface area contributed by atoms with E-state index >= 15 is 0 Å². The molecule has 22 heavy (non-hydrogen) atoms. The van der Waals surface area contributed by atoms with Crippen LogP contribution in [-0.4, -0.2) is 26.0 Å². The Kier molecular flexibility index (Phi) is 3.70. The number of rotatable bonds is 4. The van der Waals surface area contributed by atoms with Gasteiger partial charge in [-0.3, -0.25) is 9.10 Å². The number of aliphatic carboxylic acids is 1. The number of para-hydroxylation sites is 1. The molecule has 0 radical (unpaired) electrons. The van der Waals surface area contributed by atoms with Crippen LogP contribution in [0.3, 0.4) is 0 Å². The summed E-state index contributed by atoms with van der Waals surface area (Å²) >= 11 is 1.19. The zero-order valence-corrected chi connectivity index (χ0v) is 13.5. The third kappa shape index (κ3) is 2.40. The van der Waals surface area contributed by atoms with Gasteiger partial charge in [0.2, 0.25) is 0 Å². The lowest BCUT2D eigenvalue weighted by Gasteiger charge is -2.19. The van der Waals surface area contributed by atoms with Crippen LogP contribution in [-0.2, 0) is 14.8 Å². The van der Waals surface area contributed by atoms with E-state index in [0.29, 0.717) is 15.5 Å². The standard InChI is InChI=1S/C15H15NO4S2/c1-10-6-7-21-15(10)22(19,20)16-9-11(8-14(17)18)12-4-2-3-5-13(12)16/h2-7,11H,8-9H2,1H3,(H,17,18). The number of hydrogen-bond donors (Lipinski definition) is 1. The van der Waals surface area contributed by atoms with Crippen molar-refractivity contribution in [3.05, 3.63) is 46.8 Å². The zero-order valence-electron chi connectivity index (χ0n) is 11.9. The number of anilines is 1.